The van der Waals surface area contributed by atoms with E-state index in [1.54, 1.807) is 12.1 Å². The van der Waals surface area contributed by atoms with E-state index in [0.29, 0.717) is 6.54 Å². The lowest BCUT2D eigenvalue weighted by Gasteiger charge is -2.20. The minimum atomic E-state index is -0.531. The summed E-state index contributed by atoms with van der Waals surface area (Å²) in [5.41, 5.74) is 2.14. The number of nitrogens with one attached hydrogen (secondary N) is 1. The normalized spacial score (nSPS) is 15.1. The molecule has 0 radical (unpaired) electrons. The number of likely N-dealkylation sites (tertiary alicyclic amines) is 1. The molecule has 0 aromatic heterocycles. The third-order valence-electron chi connectivity index (χ3n) is 4.89. The number of nitro benzene ring substituents is 1. The fourth-order valence-corrected chi connectivity index (χ4v) is 3.49. The van der Waals surface area contributed by atoms with Crippen LogP contribution in [0.15, 0.2) is 48.5 Å². The van der Waals surface area contributed by atoms with Crippen LogP contribution in [0.2, 0.25) is 0 Å². The molecular weight excluding hydrogens is 342 g/mol. The van der Waals surface area contributed by atoms with Gasteiger partial charge in [0.05, 0.1) is 4.92 Å². The molecule has 1 aliphatic rings. The molecule has 3 rings (SSSR count). The molecule has 0 atom stereocenters. The number of carbonyl (C=O) groups is 1. The van der Waals surface area contributed by atoms with Gasteiger partial charge in [0, 0.05) is 19.2 Å². The molecule has 2 aromatic carbocycles. The number of benzene rings is 2. The van der Waals surface area contributed by atoms with E-state index in [9.17, 15) is 14.9 Å². The summed E-state index contributed by atoms with van der Waals surface area (Å²) in [6.07, 6.45) is 5.14. The summed E-state index contributed by atoms with van der Waals surface area (Å²) in [7, 11) is 0. The fraction of sp³-hybridized carbons (Fsp3) is 0.381. The first-order valence-electron chi connectivity index (χ1n) is 9.45. The summed E-state index contributed by atoms with van der Waals surface area (Å²) in [6.45, 7) is 3.54. The van der Waals surface area contributed by atoms with Gasteiger partial charge in [-0.2, -0.15) is 0 Å². The topological polar surface area (TPSA) is 75.5 Å². The Hall–Kier alpha value is -2.73. The van der Waals surface area contributed by atoms with Crippen molar-refractivity contribution in [2.75, 3.05) is 13.1 Å². The molecule has 0 saturated carbocycles. The van der Waals surface area contributed by atoms with Gasteiger partial charge in [0.2, 0.25) is 0 Å². The van der Waals surface area contributed by atoms with Crippen LogP contribution in [0.25, 0.3) is 0 Å². The lowest BCUT2D eigenvalue weighted by Crippen LogP contribution is -2.25. The number of nitro groups is 1. The van der Waals surface area contributed by atoms with Crippen LogP contribution in [0.4, 0.5) is 5.69 Å². The van der Waals surface area contributed by atoms with Gasteiger partial charge < -0.3 is 5.32 Å². The van der Waals surface area contributed by atoms with Crippen molar-refractivity contribution < 1.29 is 9.72 Å². The summed E-state index contributed by atoms with van der Waals surface area (Å²) in [4.78, 5) is 25.4. The van der Waals surface area contributed by atoms with Crippen molar-refractivity contribution in [2.45, 2.75) is 38.8 Å². The number of nitrogens with zero attached hydrogens (tertiary/aromatic N) is 2. The van der Waals surface area contributed by atoms with Gasteiger partial charge in [-0.3, -0.25) is 19.8 Å². The zero-order valence-electron chi connectivity index (χ0n) is 15.4. The van der Waals surface area contributed by atoms with Gasteiger partial charge >= 0.3 is 0 Å². The van der Waals surface area contributed by atoms with Crippen LogP contribution in [0.5, 0.6) is 0 Å². The Bertz CT molecular complexity index is 799. The van der Waals surface area contributed by atoms with E-state index < -0.39 is 10.8 Å². The zero-order chi connectivity index (χ0) is 19.1. The van der Waals surface area contributed by atoms with Crippen molar-refractivity contribution in [1.29, 1.82) is 0 Å². The number of carbonyl (C=O) groups excluding carboxylic acids is 1. The number of hydrogen-bond donors (Lipinski definition) is 1. The number of amides is 1. The maximum Gasteiger partial charge on any atom is 0.282 e. The second-order valence-electron chi connectivity index (χ2n) is 6.97. The Labute approximate surface area is 159 Å². The quantitative estimate of drug-likeness (QED) is 0.621. The van der Waals surface area contributed by atoms with Gasteiger partial charge in [-0.15, -0.1) is 0 Å². The van der Waals surface area contributed by atoms with E-state index >= 15 is 0 Å². The Morgan fingerprint density at radius 3 is 2.44 bits per heavy atom. The molecule has 1 saturated heterocycles. The molecule has 1 N–H and O–H groups in total. The molecule has 1 fully saturated rings. The Kier molecular flexibility index (Phi) is 6.54. The first-order chi connectivity index (χ1) is 13.1. The fourth-order valence-electron chi connectivity index (χ4n) is 3.49. The number of hydrogen-bond acceptors (Lipinski definition) is 4. The Morgan fingerprint density at radius 2 is 1.70 bits per heavy atom. The molecule has 0 aliphatic carbocycles. The standard InChI is InChI=1S/C21H25N3O3/c25-21(19-10-3-4-11-20(19)24(26)27)22-15-17-8-7-9-18(14-17)16-23-12-5-1-2-6-13-23/h3-4,7-11,14H,1-2,5-6,12-13,15-16H2,(H,22,25). The van der Waals surface area contributed by atoms with Crippen LogP contribution >= 0.6 is 0 Å². The number of rotatable bonds is 6. The highest BCUT2D eigenvalue weighted by atomic mass is 16.6. The summed E-state index contributed by atoms with van der Waals surface area (Å²) < 4.78 is 0. The predicted molar refractivity (Wildman–Crippen MR) is 104 cm³/mol. The number of para-hydroxylation sites is 1. The molecular formula is C21H25N3O3. The van der Waals surface area contributed by atoms with Gasteiger partial charge in [0.25, 0.3) is 11.6 Å². The summed E-state index contributed by atoms with van der Waals surface area (Å²) in [5, 5.41) is 13.9. The highest BCUT2D eigenvalue weighted by Crippen LogP contribution is 2.18. The van der Waals surface area contributed by atoms with Gasteiger partial charge in [0.15, 0.2) is 0 Å². The van der Waals surface area contributed by atoms with Crippen molar-refractivity contribution in [3.8, 4) is 0 Å². The first-order valence-corrected chi connectivity index (χ1v) is 9.45. The molecule has 0 spiro atoms. The average Bonchev–Trinajstić information content (AvgIpc) is 2.95. The van der Waals surface area contributed by atoms with Gasteiger partial charge in [0.1, 0.15) is 5.56 Å². The maximum atomic E-state index is 12.4. The van der Waals surface area contributed by atoms with Crippen LogP contribution in [-0.2, 0) is 13.1 Å². The second kappa shape index (κ2) is 9.28. The largest absolute Gasteiger partial charge is 0.348 e. The van der Waals surface area contributed by atoms with Gasteiger partial charge in [-0.25, -0.2) is 0 Å². The van der Waals surface area contributed by atoms with Crippen LogP contribution in [0.3, 0.4) is 0 Å². The van der Waals surface area contributed by atoms with Gasteiger partial charge in [-0.05, 0) is 43.1 Å². The maximum absolute atomic E-state index is 12.4. The summed E-state index contributed by atoms with van der Waals surface area (Å²) in [6, 6.07) is 14.2. The van der Waals surface area contributed by atoms with Crippen molar-refractivity contribution >= 4 is 11.6 Å². The smallest absolute Gasteiger partial charge is 0.282 e. The molecule has 1 amide bonds. The van der Waals surface area contributed by atoms with Crippen molar-refractivity contribution in [1.82, 2.24) is 10.2 Å². The first kappa shape index (κ1) is 19.0. The lowest BCUT2D eigenvalue weighted by molar-refractivity contribution is -0.385. The van der Waals surface area contributed by atoms with E-state index in [-0.39, 0.29) is 11.3 Å². The minimum Gasteiger partial charge on any atom is -0.348 e. The second-order valence-corrected chi connectivity index (χ2v) is 6.97. The van der Waals surface area contributed by atoms with Crippen LogP contribution in [0, 0.1) is 10.1 Å². The molecule has 0 unspecified atom stereocenters. The molecule has 1 heterocycles. The van der Waals surface area contributed by atoms with Crippen molar-refractivity contribution in [2.24, 2.45) is 0 Å². The third kappa shape index (κ3) is 5.37. The van der Waals surface area contributed by atoms with Crippen LogP contribution in [-0.4, -0.2) is 28.8 Å². The third-order valence-corrected chi connectivity index (χ3v) is 4.89. The molecule has 1 aliphatic heterocycles. The van der Waals surface area contributed by atoms with Crippen molar-refractivity contribution in [3.05, 3.63) is 75.3 Å². The van der Waals surface area contributed by atoms with E-state index in [0.717, 1.165) is 25.2 Å². The monoisotopic (exact) mass is 367 g/mol. The Morgan fingerprint density at radius 1 is 1.00 bits per heavy atom. The molecule has 27 heavy (non-hydrogen) atoms. The average molecular weight is 367 g/mol. The lowest BCUT2D eigenvalue weighted by atomic mass is 10.1. The minimum absolute atomic E-state index is 0.0863. The summed E-state index contributed by atoms with van der Waals surface area (Å²) in [5.74, 6) is -0.430. The summed E-state index contributed by atoms with van der Waals surface area (Å²) >= 11 is 0. The van der Waals surface area contributed by atoms with E-state index in [2.05, 4.69) is 22.3 Å². The molecule has 6 nitrogen and oxygen atoms in total. The SMILES string of the molecule is O=C(NCc1cccc(CN2CCCCCC2)c1)c1ccccc1[N+](=O)[O-]. The molecule has 2 aromatic rings. The van der Waals surface area contributed by atoms with Crippen LogP contribution in [0.1, 0.15) is 47.2 Å². The predicted octanol–water partition coefficient (Wildman–Crippen LogP) is 3.90. The molecule has 0 bridgehead atoms. The highest BCUT2D eigenvalue weighted by Gasteiger charge is 2.18. The van der Waals surface area contributed by atoms with Gasteiger partial charge in [-0.1, -0.05) is 49.2 Å². The zero-order valence-corrected chi connectivity index (χ0v) is 15.4. The molecule has 142 valence electrons. The van der Waals surface area contributed by atoms with E-state index in [1.165, 1.54) is 43.4 Å². The van der Waals surface area contributed by atoms with Crippen LogP contribution < -0.4 is 5.32 Å². The highest BCUT2D eigenvalue weighted by molar-refractivity contribution is 5.98. The van der Waals surface area contributed by atoms with Crippen molar-refractivity contribution in [3.63, 3.8) is 0 Å². The Balaban J connectivity index is 1.61. The molecule has 6 heteroatoms. The van der Waals surface area contributed by atoms with E-state index in [1.807, 2.05) is 12.1 Å². The van der Waals surface area contributed by atoms with E-state index in [4.69, 9.17) is 0 Å².